The van der Waals surface area contributed by atoms with Crippen molar-refractivity contribution in [2.45, 2.75) is 169 Å². The van der Waals surface area contributed by atoms with Crippen molar-refractivity contribution in [3.63, 3.8) is 0 Å². The van der Waals surface area contributed by atoms with Crippen LogP contribution in [0.5, 0.6) is 0 Å². The van der Waals surface area contributed by atoms with E-state index in [9.17, 15) is 87.7 Å². The first-order chi connectivity index (χ1) is 53.0. The minimum atomic E-state index is -5.39. The summed E-state index contributed by atoms with van der Waals surface area (Å²) < 4.78 is 135. The summed E-state index contributed by atoms with van der Waals surface area (Å²) in [5, 5.41) is 23.8. The summed E-state index contributed by atoms with van der Waals surface area (Å²) in [4.78, 5) is 104. The van der Waals surface area contributed by atoms with E-state index in [1.807, 2.05) is 28.5 Å². The van der Waals surface area contributed by atoms with Crippen LogP contribution in [-0.2, 0) is 23.5 Å². The van der Waals surface area contributed by atoms with E-state index < -0.39 is 70.6 Å². The van der Waals surface area contributed by atoms with Crippen LogP contribution in [-0.4, -0.2) is 152 Å². The van der Waals surface area contributed by atoms with E-state index in [-0.39, 0.29) is 123 Å². The van der Waals surface area contributed by atoms with Crippen molar-refractivity contribution >= 4 is 119 Å². The van der Waals surface area contributed by atoms with Crippen molar-refractivity contribution in [2.75, 3.05) is 80.3 Å². The number of carbonyl (C=O) groups excluding carboxylic acids is 2. The molecule has 115 heavy (non-hydrogen) atoms. The predicted octanol–water partition coefficient (Wildman–Crippen LogP) is 10.4. The molecule has 16 rings (SSSR count). The molecular formula is C79H94BrF7N9NaO16SSi. The summed E-state index contributed by atoms with van der Waals surface area (Å²) in [6.07, 6.45) is 6.93. The number of rotatable bonds is 15. The summed E-state index contributed by atoms with van der Waals surface area (Å²) in [5.74, 6) is -3.33. The van der Waals surface area contributed by atoms with Crippen LogP contribution in [0.3, 0.4) is 0 Å². The van der Waals surface area contributed by atoms with Crippen molar-refractivity contribution in [2.24, 2.45) is 23.5 Å². The van der Waals surface area contributed by atoms with Gasteiger partial charge in [0, 0.05) is 91.0 Å². The van der Waals surface area contributed by atoms with Gasteiger partial charge in [0.05, 0.1) is 56.8 Å². The molecule has 0 atom stereocenters. The zero-order valence-corrected chi connectivity index (χ0v) is 71.7. The maximum atomic E-state index is 14.9. The topological polar surface area (TPSA) is 336 Å². The normalized spacial score (nSPS) is 16.9. The number of hydrogen-bond acceptors (Lipinski definition) is 19. The van der Waals surface area contributed by atoms with Crippen LogP contribution in [0, 0.1) is 68.7 Å². The van der Waals surface area contributed by atoms with E-state index in [1.165, 1.54) is 85.8 Å². The number of pyridine rings is 4. The molecule has 4 aromatic carbocycles. The molecule has 8 fully saturated rings. The van der Waals surface area contributed by atoms with Gasteiger partial charge in [-0.1, -0.05) is 20.8 Å². The van der Waals surface area contributed by atoms with Crippen LogP contribution in [0.1, 0.15) is 174 Å². The van der Waals surface area contributed by atoms with Gasteiger partial charge in [0.1, 0.15) is 45.5 Å². The van der Waals surface area contributed by atoms with Crippen LogP contribution >= 0.6 is 15.9 Å². The maximum absolute atomic E-state index is 14.9. The van der Waals surface area contributed by atoms with E-state index in [0.717, 1.165) is 100 Å². The fraction of sp³-hybridized carbons (Fsp3) is 0.494. The Morgan fingerprint density at radius 1 is 0.504 bits per heavy atom. The zero-order chi connectivity index (χ0) is 82.8. The molecule has 0 amide bonds. The number of benzene rings is 4. The molecule has 4 saturated heterocycles. The molecular weight excluding hydrogens is 1630 g/mol. The number of alkyl halides is 3. The second kappa shape index (κ2) is 35.7. The summed E-state index contributed by atoms with van der Waals surface area (Å²) in [6.45, 7) is 28.4. The van der Waals surface area contributed by atoms with Gasteiger partial charge in [-0.2, -0.15) is 21.6 Å². The van der Waals surface area contributed by atoms with E-state index in [0.29, 0.717) is 95.7 Å². The molecule has 8 aliphatic rings. The fourth-order valence-corrected chi connectivity index (χ4v) is 18.1. The van der Waals surface area contributed by atoms with Crippen LogP contribution in [0.4, 0.5) is 47.8 Å². The number of nitrogens with zero attached hydrogens (tertiary/aromatic N) is 7. The standard InChI is InChI=1S/C20H23FN2O3.C18H19FN2O3.C17H18FN3O3.C16H15BrFNO3.C4H9F3O3SSi.C4H9N.Na.H2O/c1-4-26-20(25)15-7-13-8-16(21)18(22-9-11(2)10-22)12(3)17(13)23(19(15)24)14-5-6-14;1-9-7-20(8-9)16-10(2)15-11(6-14(16)19)5-13(18(23)24)17(22)21(15)12-3-4-12;1-8-14-9(5-13(18)15(8)20-6-10(19)7-20)4-12(17(23)24)16(22)21(14)11-2-3-11;1-3-22-16(21)11-6-9-7-12(18)13(17)8(2)14(9)19(15(11)20)10-4-5-10;1-12(2,3)10-11(8,9)4(5,6)7;1-4-2-5-3-4;;/h7-8,11,14H,4-6,9-10H2,1-3H3;5-6,9,12H,3-4,7-8H2,1-2H3,(H,23,24);4-5,10-11H,2-3,6-7,19H2,1H3,(H,23,24);6-7,10H,3-5H2,1-2H3;1-3H3;4-5H,2-3H2,1H3;;1H2/q;;;;;;+1;/p-1. The number of nitrogens with one attached hydrogen (secondary N) is 1. The van der Waals surface area contributed by atoms with E-state index in [4.69, 9.17) is 15.2 Å². The third-order valence-corrected chi connectivity index (χ3v) is 25.0. The summed E-state index contributed by atoms with van der Waals surface area (Å²) in [5.41, 5.74) is 5.22. The number of hydrogen-bond donors (Lipinski definition) is 4. The molecule has 36 heteroatoms. The molecule has 25 nitrogen and oxygen atoms in total. The molecule has 6 N–H and O–H groups in total. The number of nitrogens with two attached hydrogens (primary N) is 1. The Hall–Kier alpha value is -8.00. The Morgan fingerprint density at radius 3 is 1.00 bits per heavy atom. The van der Waals surface area contributed by atoms with Crippen LogP contribution in [0.15, 0.2) is 72.2 Å². The molecule has 4 aliphatic carbocycles. The zero-order valence-electron chi connectivity index (χ0n) is 66.3. The first-order valence-corrected chi connectivity index (χ1v) is 43.3. The predicted molar refractivity (Wildman–Crippen MR) is 425 cm³/mol. The Balaban J connectivity index is 0.000000164. The van der Waals surface area contributed by atoms with Gasteiger partial charge < -0.3 is 73.1 Å². The van der Waals surface area contributed by atoms with E-state index in [1.54, 1.807) is 41.4 Å². The van der Waals surface area contributed by atoms with Gasteiger partial charge in [-0.05, 0) is 230 Å². The second-order valence-corrected chi connectivity index (χ2v) is 38.6. The Labute approximate surface area is 689 Å². The van der Waals surface area contributed by atoms with Gasteiger partial charge in [0.2, 0.25) is 8.32 Å². The number of halogens is 8. The van der Waals surface area contributed by atoms with Crippen LogP contribution in [0.2, 0.25) is 19.6 Å². The SMILES string of the molecule is CC1CNC1.CCOC(=O)c1cc2cc(F)c(Br)c(C)c2n(C2CC2)c1=O.CCOC(=O)c1cc2cc(F)c(N3CC(C)C3)c(C)c2n(C2CC2)c1=O.C[Si](C)(C)OS(=O)(=O)C(F)(F)F.Cc1c(N2CC(C)C2)c(F)cc2cc(C(=O)O)c(=O)n(C3CC3)c12.Cc1c(N2CC(N)C2)c(F)cc2cc(C(=O)O)c(=O)n(C3CC3)c12.[Na+].[OH-]. The van der Waals surface area contributed by atoms with Crippen molar-refractivity contribution in [1.29, 1.82) is 0 Å². The molecule has 4 aromatic heterocycles. The minimum Gasteiger partial charge on any atom is -0.870 e. The van der Waals surface area contributed by atoms with E-state index in [2.05, 4.69) is 45.9 Å². The molecule has 8 aromatic rings. The number of aromatic nitrogens is 4. The molecule has 0 radical (unpaired) electrons. The molecule has 0 bridgehead atoms. The number of aromatic carboxylic acids is 2. The number of ether oxygens (including phenoxy) is 2. The average molecular weight is 1720 g/mol. The largest absolute Gasteiger partial charge is 1.00 e. The minimum absolute atomic E-state index is 0. The molecule has 618 valence electrons. The monoisotopic (exact) mass is 1720 g/mol. The Morgan fingerprint density at radius 2 is 0.774 bits per heavy atom. The van der Waals surface area contributed by atoms with Crippen LogP contribution < -0.4 is 77.5 Å². The van der Waals surface area contributed by atoms with Gasteiger partial charge in [0.25, 0.3) is 22.2 Å². The van der Waals surface area contributed by atoms with Crippen LogP contribution in [0.25, 0.3) is 43.6 Å². The summed E-state index contributed by atoms with van der Waals surface area (Å²) in [7, 11) is -8.10. The van der Waals surface area contributed by atoms with E-state index >= 15 is 0 Å². The van der Waals surface area contributed by atoms with Gasteiger partial charge in [-0.25, -0.2) is 36.7 Å². The maximum Gasteiger partial charge on any atom is 1.00 e. The van der Waals surface area contributed by atoms with Gasteiger partial charge >= 0.3 is 69.1 Å². The molecule has 8 heterocycles. The van der Waals surface area contributed by atoms with Crippen molar-refractivity contribution < 1.29 is 117 Å². The molecule has 4 aliphatic heterocycles. The van der Waals surface area contributed by atoms with Gasteiger partial charge in [0.15, 0.2) is 0 Å². The fourth-order valence-electron chi connectivity index (χ4n) is 14.8. The molecule has 4 saturated carbocycles. The molecule has 0 spiro atoms. The number of carbonyl (C=O) groups is 4. The van der Waals surface area contributed by atoms with Crippen molar-refractivity contribution in [3.8, 4) is 0 Å². The third-order valence-electron chi connectivity index (χ3n) is 20.6. The number of fused-ring (bicyclic) bond motifs is 4. The number of carboxylic acids is 2. The first kappa shape index (κ1) is 90.9. The van der Waals surface area contributed by atoms with Crippen molar-refractivity contribution in [1.82, 2.24) is 23.6 Å². The average Bonchev–Trinajstić information content (AvgIpc) is 1.55. The van der Waals surface area contributed by atoms with Crippen molar-refractivity contribution in [3.05, 3.63) is 162 Å². The molecule has 0 unspecified atom stereocenters. The second-order valence-electron chi connectivity index (χ2n) is 31.5. The first-order valence-electron chi connectivity index (χ1n) is 37.7. The number of aryl methyl sites for hydroxylation is 4. The Kier molecular flexibility index (Phi) is 28.2. The summed E-state index contributed by atoms with van der Waals surface area (Å²) >= 11 is 3.22. The Bertz CT molecular complexity index is 5380. The smallest absolute Gasteiger partial charge is 0.870 e. The quantitative estimate of drug-likeness (QED) is 0.0321. The van der Waals surface area contributed by atoms with Gasteiger partial charge in [-0.15, -0.1) is 0 Å². The number of anilines is 3. The number of esters is 2. The van der Waals surface area contributed by atoms with Gasteiger partial charge in [-0.3, -0.25) is 19.2 Å². The summed E-state index contributed by atoms with van der Waals surface area (Å²) in [6, 6.07) is 11.2. The number of carboxylic acid groups (broad SMARTS) is 2. The third kappa shape index (κ3) is 19.4.